The molecule has 5 nitrogen and oxygen atoms in total. The quantitative estimate of drug-likeness (QED) is 0.804. The van der Waals surface area contributed by atoms with Gasteiger partial charge in [0.2, 0.25) is 6.10 Å². The first-order valence-electron chi connectivity index (χ1n) is 6.51. The van der Waals surface area contributed by atoms with Gasteiger partial charge in [0.05, 0.1) is 0 Å². The second-order valence-electron chi connectivity index (χ2n) is 4.66. The zero-order chi connectivity index (χ0) is 17.0. The van der Waals surface area contributed by atoms with Crippen molar-refractivity contribution in [1.29, 1.82) is 0 Å². The van der Waals surface area contributed by atoms with Gasteiger partial charge in [-0.25, -0.2) is 9.59 Å². The second-order valence-corrected chi connectivity index (χ2v) is 5.53. The Balaban J connectivity index is 2.16. The molecule has 0 amide bonds. The van der Waals surface area contributed by atoms with Gasteiger partial charge in [-0.15, -0.1) is 0 Å². The van der Waals surface area contributed by atoms with E-state index in [9.17, 15) is 19.8 Å². The Kier molecular flexibility index (Phi) is 5.60. The predicted octanol–water partition coefficient (Wildman–Crippen LogP) is 3.40. The summed E-state index contributed by atoms with van der Waals surface area (Å²) in [4.78, 5) is 23.3. The van der Waals surface area contributed by atoms with Crippen LogP contribution in [-0.2, 0) is 14.3 Å². The van der Waals surface area contributed by atoms with Gasteiger partial charge < -0.3 is 14.9 Å². The molecule has 0 radical (unpaired) electrons. The van der Waals surface area contributed by atoms with Crippen LogP contribution in [0.25, 0.3) is 0 Å². The number of benzene rings is 2. The van der Waals surface area contributed by atoms with Crippen LogP contribution in [0.1, 0.15) is 23.3 Å². The van der Waals surface area contributed by atoms with E-state index in [1.54, 1.807) is 0 Å². The van der Waals surface area contributed by atoms with Gasteiger partial charge in [-0.1, -0.05) is 47.5 Å². The first-order chi connectivity index (χ1) is 10.9. The molecule has 0 fully saturated rings. The molecule has 0 saturated heterocycles. The molecule has 0 aliphatic rings. The number of rotatable bonds is 5. The molecule has 7 heteroatoms. The van der Waals surface area contributed by atoms with Crippen LogP contribution in [0.2, 0.25) is 10.0 Å². The molecule has 0 heterocycles. The van der Waals surface area contributed by atoms with E-state index in [4.69, 9.17) is 27.9 Å². The highest BCUT2D eigenvalue weighted by Gasteiger charge is 2.28. The number of ether oxygens (including phenoxy) is 1. The van der Waals surface area contributed by atoms with Crippen molar-refractivity contribution >= 4 is 35.1 Å². The molecule has 2 N–H and O–H groups in total. The van der Waals surface area contributed by atoms with E-state index in [2.05, 4.69) is 0 Å². The number of aliphatic hydroxyl groups excluding tert-OH is 1. The largest absolute Gasteiger partial charge is 0.478 e. The van der Waals surface area contributed by atoms with E-state index in [0.717, 1.165) is 0 Å². The van der Waals surface area contributed by atoms with Crippen LogP contribution in [-0.4, -0.2) is 22.2 Å². The SMILES string of the molecule is O=C(OC(C(=O)O)c1ccc(Cl)cc1)C(O)c1ccc(Cl)cc1. The number of hydrogen-bond donors (Lipinski definition) is 2. The summed E-state index contributed by atoms with van der Waals surface area (Å²) >= 11 is 11.5. The molecule has 0 saturated carbocycles. The molecular formula is C16H12Cl2O5. The second kappa shape index (κ2) is 7.46. The molecular weight excluding hydrogens is 343 g/mol. The fourth-order valence-electron chi connectivity index (χ4n) is 1.86. The molecule has 120 valence electrons. The Hall–Kier alpha value is -2.08. The van der Waals surface area contributed by atoms with Gasteiger partial charge in [-0.2, -0.15) is 0 Å². The van der Waals surface area contributed by atoms with Crippen LogP contribution in [0.3, 0.4) is 0 Å². The first-order valence-corrected chi connectivity index (χ1v) is 7.26. The minimum Gasteiger partial charge on any atom is -0.478 e. The van der Waals surface area contributed by atoms with E-state index >= 15 is 0 Å². The minimum absolute atomic E-state index is 0.235. The maximum absolute atomic E-state index is 12.0. The fraction of sp³-hybridized carbons (Fsp3) is 0.125. The topological polar surface area (TPSA) is 83.8 Å². The van der Waals surface area contributed by atoms with Crippen LogP contribution < -0.4 is 0 Å². The molecule has 2 unspecified atom stereocenters. The lowest BCUT2D eigenvalue weighted by Crippen LogP contribution is -2.23. The standard InChI is InChI=1S/C16H12Cl2O5/c17-11-5-1-9(2-6-11)13(19)16(22)23-14(15(20)21)10-3-7-12(18)8-4-10/h1-8,13-14,19H,(H,20,21). The number of carbonyl (C=O) groups is 2. The summed E-state index contributed by atoms with van der Waals surface area (Å²) in [6.45, 7) is 0. The summed E-state index contributed by atoms with van der Waals surface area (Å²) < 4.78 is 4.92. The summed E-state index contributed by atoms with van der Waals surface area (Å²) in [5, 5.41) is 20.1. The lowest BCUT2D eigenvalue weighted by molar-refractivity contribution is -0.171. The highest BCUT2D eigenvalue weighted by atomic mass is 35.5. The van der Waals surface area contributed by atoms with Crippen molar-refractivity contribution in [3.63, 3.8) is 0 Å². The highest BCUT2D eigenvalue weighted by molar-refractivity contribution is 6.30. The van der Waals surface area contributed by atoms with Gasteiger partial charge in [-0.3, -0.25) is 0 Å². The third kappa shape index (κ3) is 4.45. The first kappa shape index (κ1) is 17.3. The summed E-state index contributed by atoms with van der Waals surface area (Å²) in [5.41, 5.74) is 0.484. The monoisotopic (exact) mass is 354 g/mol. The third-order valence-corrected chi connectivity index (χ3v) is 3.54. The molecule has 2 aromatic rings. The predicted molar refractivity (Wildman–Crippen MR) is 84.3 cm³/mol. The molecule has 0 bridgehead atoms. The average molecular weight is 355 g/mol. The van der Waals surface area contributed by atoms with Crippen molar-refractivity contribution in [3.05, 3.63) is 69.7 Å². The van der Waals surface area contributed by atoms with Gasteiger partial charge in [0.25, 0.3) is 0 Å². The highest BCUT2D eigenvalue weighted by Crippen LogP contribution is 2.24. The maximum Gasteiger partial charge on any atom is 0.349 e. The Morgan fingerprint density at radius 3 is 1.74 bits per heavy atom. The minimum atomic E-state index is -1.61. The smallest absolute Gasteiger partial charge is 0.349 e. The van der Waals surface area contributed by atoms with E-state index in [0.29, 0.717) is 10.0 Å². The molecule has 2 rings (SSSR count). The Morgan fingerprint density at radius 1 is 0.870 bits per heavy atom. The number of aliphatic carboxylic acids is 1. The third-order valence-electron chi connectivity index (χ3n) is 3.04. The number of aliphatic hydroxyl groups is 1. The van der Waals surface area contributed by atoms with E-state index in [-0.39, 0.29) is 11.1 Å². The normalized spacial score (nSPS) is 13.2. The Morgan fingerprint density at radius 2 is 1.30 bits per heavy atom. The summed E-state index contributed by atoms with van der Waals surface area (Å²) in [6, 6.07) is 11.7. The van der Waals surface area contributed by atoms with Crippen molar-refractivity contribution in [2.24, 2.45) is 0 Å². The van der Waals surface area contributed by atoms with Gasteiger partial charge in [-0.05, 0) is 29.8 Å². The van der Waals surface area contributed by atoms with Crippen molar-refractivity contribution in [3.8, 4) is 0 Å². The van der Waals surface area contributed by atoms with Crippen LogP contribution in [0.5, 0.6) is 0 Å². The number of halogens is 2. The molecule has 0 spiro atoms. The number of carboxylic acid groups (broad SMARTS) is 1. The van der Waals surface area contributed by atoms with Gasteiger partial charge >= 0.3 is 11.9 Å². The average Bonchev–Trinajstić information content (AvgIpc) is 2.53. The van der Waals surface area contributed by atoms with Crippen molar-refractivity contribution in [1.82, 2.24) is 0 Å². The fourth-order valence-corrected chi connectivity index (χ4v) is 2.11. The lowest BCUT2D eigenvalue weighted by Gasteiger charge is -2.17. The van der Waals surface area contributed by atoms with Crippen LogP contribution in [0, 0.1) is 0 Å². The maximum atomic E-state index is 12.0. The van der Waals surface area contributed by atoms with E-state index in [1.165, 1.54) is 48.5 Å². The zero-order valence-corrected chi connectivity index (χ0v) is 13.2. The number of esters is 1. The summed E-state index contributed by atoms with van der Waals surface area (Å²) in [7, 11) is 0. The Bertz CT molecular complexity index is 697. The van der Waals surface area contributed by atoms with Crippen molar-refractivity contribution in [2.45, 2.75) is 12.2 Å². The molecule has 23 heavy (non-hydrogen) atoms. The van der Waals surface area contributed by atoms with Gasteiger partial charge in [0, 0.05) is 15.6 Å². The molecule has 0 aromatic heterocycles. The molecule has 0 aliphatic heterocycles. The zero-order valence-electron chi connectivity index (χ0n) is 11.6. The molecule has 0 aliphatic carbocycles. The number of carboxylic acids is 1. The van der Waals surface area contributed by atoms with Gasteiger partial charge in [0.15, 0.2) is 6.10 Å². The van der Waals surface area contributed by atoms with Crippen molar-refractivity contribution in [2.75, 3.05) is 0 Å². The number of carbonyl (C=O) groups excluding carboxylic acids is 1. The van der Waals surface area contributed by atoms with Crippen LogP contribution in [0.15, 0.2) is 48.5 Å². The lowest BCUT2D eigenvalue weighted by atomic mass is 10.1. The van der Waals surface area contributed by atoms with Crippen LogP contribution in [0.4, 0.5) is 0 Å². The van der Waals surface area contributed by atoms with Gasteiger partial charge in [0.1, 0.15) is 0 Å². The molecule has 2 aromatic carbocycles. The summed E-state index contributed by atoms with van der Waals surface area (Å²) in [6.07, 6.45) is -3.15. The van der Waals surface area contributed by atoms with E-state index < -0.39 is 24.1 Å². The van der Waals surface area contributed by atoms with Crippen molar-refractivity contribution < 1.29 is 24.5 Å². The number of hydrogen-bond acceptors (Lipinski definition) is 4. The van der Waals surface area contributed by atoms with E-state index in [1.807, 2.05) is 0 Å². The summed E-state index contributed by atoms with van der Waals surface area (Å²) in [5.74, 6) is -2.43. The molecule has 2 atom stereocenters. The van der Waals surface area contributed by atoms with Crippen LogP contribution >= 0.6 is 23.2 Å². The Labute approximate surface area is 142 Å².